The fourth-order valence-electron chi connectivity index (χ4n) is 2.75. The minimum absolute atomic E-state index is 0.137. The van der Waals surface area contributed by atoms with Gasteiger partial charge in [-0.15, -0.1) is 0 Å². The highest BCUT2D eigenvalue weighted by Crippen LogP contribution is 2.23. The van der Waals surface area contributed by atoms with E-state index < -0.39 is 0 Å². The summed E-state index contributed by atoms with van der Waals surface area (Å²) in [4.78, 5) is 17.0. The van der Waals surface area contributed by atoms with Crippen LogP contribution in [-0.4, -0.2) is 17.5 Å². The lowest BCUT2D eigenvalue weighted by molar-refractivity contribution is 0.0943. The minimum Gasteiger partial charge on any atom is -0.494 e. The number of carbonyl (C=O) groups excluding carboxylic acids is 1. The number of aromatic nitrogens is 1. The third kappa shape index (κ3) is 4.28. The molecule has 1 amide bonds. The van der Waals surface area contributed by atoms with Gasteiger partial charge in [0, 0.05) is 18.0 Å². The molecule has 132 valence electrons. The number of ether oxygens (including phenoxy) is 1. The zero-order valence-electron chi connectivity index (χ0n) is 15.0. The molecular formula is C22H22N2O2. The molecule has 3 rings (SSSR count). The Hall–Kier alpha value is -3.14. The van der Waals surface area contributed by atoms with Crippen LogP contribution in [0.15, 0.2) is 73.1 Å². The van der Waals surface area contributed by atoms with E-state index >= 15 is 0 Å². The van der Waals surface area contributed by atoms with Gasteiger partial charge in [0.2, 0.25) is 0 Å². The standard InChI is InChI=1S/C22H22N2O2/c1-3-26-20-12-10-18(11-13-20)22(25)24-21(19-5-4-14-23-15-19)17-8-6-16(2)7-9-17/h4-15,21H,3H2,1-2H3,(H,24,25). The molecule has 1 N–H and O–H groups in total. The predicted molar refractivity (Wildman–Crippen MR) is 102 cm³/mol. The Balaban J connectivity index is 1.85. The number of rotatable bonds is 6. The number of aryl methyl sites for hydroxylation is 1. The van der Waals surface area contributed by atoms with Gasteiger partial charge in [0.15, 0.2) is 0 Å². The number of pyridine rings is 1. The lowest BCUT2D eigenvalue weighted by atomic mass is 9.98. The SMILES string of the molecule is CCOc1ccc(C(=O)NC(c2ccc(C)cc2)c2cccnc2)cc1. The largest absolute Gasteiger partial charge is 0.494 e. The van der Waals surface area contributed by atoms with E-state index in [-0.39, 0.29) is 11.9 Å². The quantitative estimate of drug-likeness (QED) is 0.724. The first-order valence-electron chi connectivity index (χ1n) is 8.67. The van der Waals surface area contributed by atoms with Crippen molar-refractivity contribution in [1.82, 2.24) is 10.3 Å². The molecule has 26 heavy (non-hydrogen) atoms. The van der Waals surface area contributed by atoms with E-state index in [0.29, 0.717) is 12.2 Å². The van der Waals surface area contributed by atoms with Crippen LogP contribution in [0.5, 0.6) is 5.75 Å². The lowest BCUT2D eigenvalue weighted by Crippen LogP contribution is -2.29. The molecule has 0 saturated carbocycles. The first-order chi connectivity index (χ1) is 12.7. The number of amides is 1. The summed E-state index contributed by atoms with van der Waals surface area (Å²) >= 11 is 0. The zero-order chi connectivity index (χ0) is 18.4. The molecule has 4 heteroatoms. The number of carbonyl (C=O) groups is 1. The van der Waals surface area contributed by atoms with Crippen molar-refractivity contribution in [2.45, 2.75) is 19.9 Å². The Labute approximate surface area is 153 Å². The van der Waals surface area contributed by atoms with Gasteiger partial charge in [-0.05, 0) is 55.3 Å². The van der Waals surface area contributed by atoms with Crippen LogP contribution in [0.25, 0.3) is 0 Å². The fraction of sp³-hybridized carbons (Fsp3) is 0.182. The van der Waals surface area contributed by atoms with Gasteiger partial charge >= 0.3 is 0 Å². The van der Waals surface area contributed by atoms with Gasteiger partial charge in [0.25, 0.3) is 5.91 Å². The molecular weight excluding hydrogens is 324 g/mol. The van der Waals surface area contributed by atoms with E-state index in [9.17, 15) is 4.79 Å². The van der Waals surface area contributed by atoms with Crippen LogP contribution in [0, 0.1) is 6.92 Å². The van der Waals surface area contributed by atoms with E-state index in [1.165, 1.54) is 5.56 Å². The molecule has 0 radical (unpaired) electrons. The van der Waals surface area contributed by atoms with Crippen molar-refractivity contribution >= 4 is 5.91 Å². The van der Waals surface area contributed by atoms with Gasteiger partial charge in [0.1, 0.15) is 5.75 Å². The number of benzene rings is 2. The van der Waals surface area contributed by atoms with Crippen LogP contribution in [0.3, 0.4) is 0 Å². The summed E-state index contributed by atoms with van der Waals surface area (Å²) in [6, 6.07) is 18.9. The Bertz CT molecular complexity index is 844. The summed E-state index contributed by atoms with van der Waals surface area (Å²) in [6.07, 6.45) is 3.51. The van der Waals surface area contributed by atoms with Crippen molar-refractivity contribution < 1.29 is 9.53 Å². The predicted octanol–water partition coefficient (Wildman–Crippen LogP) is 4.31. The van der Waals surface area contributed by atoms with Crippen molar-refractivity contribution in [2.75, 3.05) is 6.61 Å². The molecule has 1 unspecified atom stereocenters. The molecule has 0 aliphatic rings. The second-order valence-corrected chi connectivity index (χ2v) is 6.06. The molecule has 1 heterocycles. The van der Waals surface area contributed by atoms with Crippen LogP contribution < -0.4 is 10.1 Å². The lowest BCUT2D eigenvalue weighted by Gasteiger charge is -2.20. The van der Waals surface area contributed by atoms with E-state index in [0.717, 1.165) is 16.9 Å². The van der Waals surface area contributed by atoms with Crippen LogP contribution in [-0.2, 0) is 0 Å². The van der Waals surface area contributed by atoms with Crippen molar-refractivity contribution in [2.24, 2.45) is 0 Å². The summed E-state index contributed by atoms with van der Waals surface area (Å²) < 4.78 is 5.43. The maximum atomic E-state index is 12.8. The Morgan fingerprint density at radius 3 is 2.38 bits per heavy atom. The summed E-state index contributed by atoms with van der Waals surface area (Å²) in [6.45, 7) is 4.57. The van der Waals surface area contributed by atoms with E-state index in [2.05, 4.69) is 10.3 Å². The zero-order valence-corrected chi connectivity index (χ0v) is 15.0. The van der Waals surface area contributed by atoms with Crippen LogP contribution in [0.1, 0.15) is 40.0 Å². The summed E-state index contributed by atoms with van der Waals surface area (Å²) in [7, 11) is 0. The smallest absolute Gasteiger partial charge is 0.252 e. The molecule has 0 spiro atoms. The normalized spacial score (nSPS) is 11.6. The van der Waals surface area contributed by atoms with Gasteiger partial charge in [-0.3, -0.25) is 9.78 Å². The van der Waals surface area contributed by atoms with Gasteiger partial charge in [-0.1, -0.05) is 35.9 Å². The van der Waals surface area contributed by atoms with Gasteiger partial charge in [-0.2, -0.15) is 0 Å². The Kier molecular flexibility index (Phi) is 5.64. The van der Waals surface area contributed by atoms with E-state index in [1.54, 1.807) is 24.5 Å². The van der Waals surface area contributed by atoms with Crippen molar-refractivity contribution in [3.8, 4) is 5.75 Å². The summed E-state index contributed by atoms with van der Waals surface area (Å²) in [5.74, 6) is 0.619. The third-order valence-corrected chi connectivity index (χ3v) is 4.13. The van der Waals surface area contributed by atoms with Crippen molar-refractivity contribution in [3.05, 3.63) is 95.3 Å². The number of hydrogen-bond donors (Lipinski definition) is 1. The van der Waals surface area contributed by atoms with Gasteiger partial charge in [-0.25, -0.2) is 0 Å². The molecule has 2 aromatic carbocycles. The second-order valence-electron chi connectivity index (χ2n) is 6.06. The number of nitrogens with one attached hydrogen (secondary N) is 1. The van der Waals surface area contributed by atoms with Crippen LogP contribution in [0.2, 0.25) is 0 Å². The number of hydrogen-bond acceptors (Lipinski definition) is 3. The first kappa shape index (κ1) is 17.7. The maximum Gasteiger partial charge on any atom is 0.252 e. The number of nitrogens with zero attached hydrogens (tertiary/aromatic N) is 1. The molecule has 0 fully saturated rings. The molecule has 0 bridgehead atoms. The molecule has 0 aliphatic carbocycles. The average Bonchev–Trinajstić information content (AvgIpc) is 2.68. The molecule has 0 aliphatic heterocycles. The second kappa shape index (κ2) is 8.30. The summed E-state index contributed by atoms with van der Waals surface area (Å²) in [5, 5.41) is 3.12. The monoisotopic (exact) mass is 346 g/mol. The van der Waals surface area contributed by atoms with Crippen molar-refractivity contribution in [3.63, 3.8) is 0 Å². The van der Waals surface area contributed by atoms with Crippen LogP contribution >= 0.6 is 0 Å². The van der Waals surface area contributed by atoms with E-state index in [4.69, 9.17) is 4.74 Å². The molecule has 3 aromatic rings. The highest BCUT2D eigenvalue weighted by atomic mass is 16.5. The highest BCUT2D eigenvalue weighted by molar-refractivity contribution is 5.94. The van der Waals surface area contributed by atoms with Crippen molar-refractivity contribution in [1.29, 1.82) is 0 Å². The minimum atomic E-state index is -0.261. The molecule has 1 atom stereocenters. The Morgan fingerprint density at radius 2 is 1.77 bits per heavy atom. The van der Waals surface area contributed by atoms with Gasteiger partial charge < -0.3 is 10.1 Å². The molecule has 1 aromatic heterocycles. The summed E-state index contributed by atoms with van der Waals surface area (Å²) in [5.41, 5.74) is 3.73. The Morgan fingerprint density at radius 1 is 1.04 bits per heavy atom. The fourth-order valence-corrected chi connectivity index (χ4v) is 2.75. The highest BCUT2D eigenvalue weighted by Gasteiger charge is 2.18. The van der Waals surface area contributed by atoms with E-state index in [1.807, 2.05) is 62.4 Å². The maximum absolute atomic E-state index is 12.8. The topological polar surface area (TPSA) is 51.2 Å². The molecule has 4 nitrogen and oxygen atoms in total. The first-order valence-corrected chi connectivity index (χ1v) is 8.67. The van der Waals surface area contributed by atoms with Crippen LogP contribution in [0.4, 0.5) is 0 Å². The molecule has 0 saturated heterocycles. The average molecular weight is 346 g/mol. The third-order valence-electron chi connectivity index (χ3n) is 4.13. The van der Waals surface area contributed by atoms with Gasteiger partial charge in [0.05, 0.1) is 12.6 Å².